The third kappa shape index (κ3) is 6.23. The van der Waals surface area contributed by atoms with E-state index in [1.54, 1.807) is 53.4 Å². The van der Waals surface area contributed by atoms with Gasteiger partial charge in [-0.25, -0.2) is 0 Å². The molecule has 2 amide bonds. The van der Waals surface area contributed by atoms with Gasteiger partial charge in [0.05, 0.1) is 18.6 Å². The molecule has 170 valence electrons. The quantitative estimate of drug-likeness (QED) is 0.601. The standard InChI is InChI=1S/C24H28N2O6/c1-4-30-20-9-5-18(6-10-20)25-22(27)15-31-24(29)17-13-23(28)26(14-17)19-7-11-21(12-8-19)32-16(2)3/h5-12,16-17H,4,13-15H2,1-3H3,(H,25,27)/t17-/m1/s1. The lowest BCUT2D eigenvalue weighted by Crippen LogP contribution is -2.28. The van der Waals surface area contributed by atoms with Crippen LogP contribution in [0.25, 0.3) is 0 Å². The molecule has 0 aliphatic carbocycles. The molecular formula is C24H28N2O6. The lowest BCUT2D eigenvalue weighted by molar-refractivity contribution is -0.151. The normalized spacial score (nSPS) is 15.6. The number of hydrogen-bond acceptors (Lipinski definition) is 6. The summed E-state index contributed by atoms with van der Waals surface area (Å²) >= 11 is 0. The van der Waals surface area contributed by atoms with Crippen LogP contribution in [0.5, 0.6) is 11.5 Å². The minimum Gasteiger partial charge on any atom is -0.494 e. The van der Waals surface area contributed by atoms with E-state index in [-0.39, 0.29) is 25.0 Å². The predicted molar refractivity (Wildman–Crippen MR) is 120 cm³/mol. The van der Waals surface area contributed by atoms with Gasteiger partial charge in [-0.05, 0) is 69.3 Å². The Kier molecular flexibility index (Phi) is 7.70. The van der Waals surface area contributed by atoms with E-state index < -0.39 is 24.4 Å². The second-order valence-electron chi connectivity index (χ2n) is 7.68. The van der Waals surface area contributed by atoms with Crippen LogP contribution in [-0.4, -0.2) is 43.6 Å². The van der Waals surface area contributed by atoms with Gasteiger partial charge in [0.25, 0.3) is 5.91 Å². The fourth-order valence-corrected chi connectivity index (χ4v) is 3.34. The molecule has 0 unspecified atom stereocenters. The number of carbonyl (C=O) groups is 3. The van der Waals surface area contributed by atoms with Gasteiger partial charge in [0, 0.05) is 24.3 Å². The van der Waals surface area contributed by atoms with Crippen LogP contribution >= 0.6 is 0 Å². The topological polar surface area (TPSA) is 94.2 Å². The Bertz CT molecular complexity index is 940. The number of ether oxygens (including phenoxy) is 3. The van der Waals surface area contributed by atoms with Gasteiger partial charge in [0.15, 0.2) is 6.61 Å². The van der Waals surface area contributed by atoms with Crippen molar-refractivity contribution in [2.45, 2.75) is 33.3 Å². The highest BCUT2D eigenvalue weighted by molar-refractivity contribution is 6.00. The minimum atomic E-state index is -0.618. The Hall–Kier alpha value is -3.55. The van der Waals surface area contributed by atoms with Gasteiger partial charge in [0.1, 0.15) is 11.5 Å². The van der Waals surface area contributed by atoms with E-state index in [4.69, 9.17) is 14.2 Å². The summed E-state index contributed by atoms with van der Waals surface area (Å²) < 4.78 is 16.1. The monoisotopic (exact) mass is 440 g/mol. The molecule has 1 atom stereocenters. The molecule has 0 bridgehead atoms. The van der Waals surface area contributed by atoms with Crippen molar-refractivity contribution in [3.05, 3.63) is 48.5 Å². The highest BCUT2D eigenvalue weighted by Crippen LogP contribution is 2.27. The van der Waals surface area contributed by atoms with Crippen molar-refractivity contribution in [3.8, 4) is 11.5 Å². The molecule has 1 aliphatic rings. The first-order valence-electron chi connectivity index (χ1n) is 10.6. The van der Waals surface area contributed by atoms with Crippen LogP contribution in [0.4, 0.5) is 11.4 Å². The van der Waals surface area contributed by atoms with E-state index in [0.29, 0.717) is 29.5 Å². The van der Waals surface area contributed by atoms with Crippen LogP contribution in [-0.2, 0) is 19.1 Å². The number of hydrogen-bond donors (Lipinski definition) is 1. The molecule has 2 aromatic carbocycles. The van der Waals surface area contributed by atoms with Gasteiger partial charge in [-0.15, -0.1) is 0 Å². The van der Waals surface area contributed by atoms with Crippen molar-refractivity contribution < 1.29 is 28.6 Å². The second kappa shape index (κ2) is 10.7. The fourth-order valence-electron chi connectivity index (χ4n) is 3.34. The van der Waals surface area contributed by atoms with Crippen molar-refractivity contribution in [1.29, 1.82) is 0 Å². The van der Waals surface area contributed by atoms with Crippen LogP contribution in [0.15, 0.2) is 48.5 Å². The third-order valence-electron chi connectivity index (χ3n) is 4.77. The Balaban J connectivity index is 1.48. The summed E-state index contributed by atoms with van der Waals surface area (Å²) in [4.78, 5) is 38.4. The van der Waals surface area contributed by atoms with E-state index in [1.165, 1.54) is 0 Å². The van der Waals surface area contributed by atoms with E-state index in [1.807, 2.05) is 20.8 Å². The summed E-state index contributed by atoms with van der Waals surface area (Å²) in [5.74, 6) is -0.387. The van der Waals surface area contributed by atoms with E-state index in [2.05, 4.69) is 5.32 Å². The van der Waals surface area contributed by atoms with Crippen LogP contribution < -0.4 is 19.7 Å². The molecule has 3 rings (SSSR count). The van der Waals surface area contributed by atoms with Gasteiger partial charge in [-0.1, -0.05) is 0 Å². The zero-order valence-electron chi connectivity index (χ0n) is 18.5. The Labute approximate surface area is 187 Å². The Morgan fingerprint density at radius 3 is 2.34 bits per heavy atom. The van der Waals surface area contributed by atoms with E-state index in [0.717, 1.165) is 0 Å². The number of nitrogens with one attached hydrogen (secondary N) is 1. The van der Waals surface area contributed by atoms with Gasteiger partial charge in [0.2, 0.25) is 5.91 Å². The molecule has 1 heterocycles. The number of anilines is 2. The van der Waals surface area contributed by atoms with Gasteiger partial charge < -0.3 is 24.4 Å². The van der Waals surface area contributed by atoms with Crippen LogP contribution in [0.2, 0.25) is 0 Å². The molecule has 32 heavy (non-hydrogen) atoms. The maximum atomic E-state index is 12.4. The van der Waals surface area contributed by atoms with Crippen LogP contribution in [0, 0.1) is 5.92 Å². The Morgan fingerprint density at radius 2 is 1.72 bits per heavy atom. The smallest absolute Gasteiger partial charge is 0.311 e. The lowest BCUT2D eigenvalue weighted by atomic mass is 10.1. The first-order chi connectivity index (χ1) is 15.4. The van der Waals surface area contributed by atoms with Gasteiger partial charge in [-0.3, -0.25) is 14.4 Å². The van der Waals surface area contributed by atoms with Crippen LogP contribution in [0.3, 0.4) is 0 Å². The van der Waals surface area contributed by atoms with Gasteiger partial charge >= 0.3 is 5.97 Å². The highest BCUT2D eigenvalue weighted by Gasteiger charge is 2.36. The molecule has 1 aliphatic heterocycles. The average Bonchev–Trinajstić information content (AvgIpc) is 3.15. The lowest BCUT2D eigenvalue weighted by Gasteiger charge is -2.17. The molecule has 2 aromatic rings. The third-order valence-corrected chi connectivity index (χ3v) is 4.77. The molecular weight excluding hydrogens is 412 g/mol. The molecule has 0 spiro atoms. The summed E-state index contributed by atoms with van der Waals surface area (Å²) in [6.07, 6.45) is 0.101. The number of amides is 2. The molecule has 1 saturated heterocycles. The minimum absolute atomic E-state index is 0.0452. The maximum Gasteiger partial charge on any atom is 0.311 e. The van der Waals surface area contributed by atoms with Crippen molar-refractivity contribution in [2.24, 2.45) is 5.92 Å². The van der Waals surface area contributed by atoms with Gasteiger partial charge in [-0.2, -0.15) is 0 Å². The second-order valence-corrected chi connectivity index (χ2v) is 7.68. The summed E-state index contributed by atoms with van der Waals surface area (Å²) in [5, 5.41) is 2.66. The number of benzene rings is 2. The summed E-state index contributed by atoms with van der Waals surface area (Å²) in [7, 11) is 0. The maximum absolute atomic E-state index is 12.4. The van der Waals surface area contributed by atoms with Crippen molar-refractivity contribution in [2.75, 3.05) is 30.0 Å². The average molecular weight is 440 g/mol. The summed E-state index contributed by atoms with van der Waals surface area (Å²) in [5.41, 5.74) is 1.26. The first-order valence-corrected chi connectivity index (χ1v) is 10.6. The van der Waals surface area contributed by atoms with Crippen molar-refractivity contribution >= 4 is 29.2 Å². The zero-order valence-corrected chi connectivity index (χ0v) is 18.5. The molecule has 0 saturated carbocycles. The largest absolute Gasteiger partial charge is 0.494 e. The molecule has 1 N–H and O–H groups in total. The van der Waals surface area contributed by atoms with E-state index >= 15 is 0 Å². The predicted octanol–water partition coefficient (Wildman–Crippen LogP) is 3.41. The Morgan fingerprint density at radius 1 is 1.06 bits per heavy atom. The van der Waals surface area contributed by atoms with Crippen molar-refractivity contribution in [1.82, 2.24) is 0 Å². The molecule has 8 heteroatoms. The molecule has 0 radical (unpaired) electrons. The first kappa shape index (κ1) is 23.1. The fraction of sp³-hybridized carbons (Fsp3) is 0.375. The number of esters is 1. The van der Waals surface area contributed by atoms with Crippen molar-refractivity contribution in [3.63, 3.8) is 0 Å². The number of carbonyl (C=O) groups excluding carboxylic acids is 3. The molecule has 8 nitrogen and oxygen atoms in total. The summed E-state index contributed by atoms with van der Waals surface area (Å²) in [6, 6.07) is 14.0. The van der Waals surface area contributed by atoms with Crippen LogP contribution in [0.1, 0.15) is 27.2 Å². The SMILES string of the molecule is CCOc1ccc(NC(=O)COC(=O)[C@@H]2CC(=O)N(c3ccc(OC(C)C)cc3)C2)cc1. The molecule has 1 fully saturated rings. The van der Waals surface area contributed by atoms with E-state index in [9.17, 15) is 14.4 Å². The number of nitrogens with zero attached hydrogens (tertiary/aromatic N) is 1. The zero-order chi connectivity index (χ0) is 23.1. The molecule has 0 aromatic heterocycles. The highest BCUT2D eigenvalue weighted by atomic mass is 16.5. The number of rotatable bonds is 9. The summed E-state index contributed by atoms with van der Waals surface area (Å²) in [6.45, 7) is 6.11.